The highest BCUT2D eigenvalue weighted by Crippen LogP contribution is 2.18. The predicted octanol–water partition coefficient (Wildman–Crippen LogP) is 2.16. The van der Waals surface area contributed by atoms with Crippen molar-refractivity contribution in [3.05, 3.63) is 53.4 Å². The lowest BCUT2D eigenvalue weighted by molar-refractivity contribution is -0.128. The van der Waals surface area contributed by atoms with E-state index in [2.05, 4.69) is 10.9 Å². The van der Waals surface area contributed by atoms with Crippen LogP contribution < -0.4 is 15.6 Å². The first-order valence-electron chi connectivity index (χ1n) is 6.12. The summed E-state index contributed by atoms with van der Waals surface area (Å²) < 4.78 is 10.3. The van der Waals surface area contributed by atoms with Crippen LogP contribution in [-0.2, 0) is 4.79 Å². The number of furan rings is 1. The lowest BCUT2D eigenvalue weighted by Crippen LogP contribution is -2.47. The number of hydrazine groups is 1. The van der Waals surface area contributed by atoms with Gasteiger partial charge in [-0.2, -0.15) is 0 Å². The third-order valence-corrected chi connectivity index (χ3v) is 2.76. The second-order valence-electron chi connectivity index (χ2n) is 4.14. The lowest BCUT2D eigenvalue weighted by Gasteiger charge is -2.14. The standard InChI is InChI=1S/C14H13ClN2O4/c1-9(21-11-5-2-4-10(15)8-11)13(18)16-17-14(19)12-6-3-7-20-12/h2-9H,1H3,(H,16,18)(H,17,19)/t9-/m0/s1. The molecule has 0 unspecified atom stereocenters. The van der Waals surface area contributed by atoms with Gasteiger partial charge in [-0.25, -0.2) is 0 Å². The third-order valence-electron chi connectivity index (χ3n) is 2.52. The van der Waals surface area contributed by atoms with E-state index in [0.717, 1.165) is 0 Å². The number of amides is 2. The van der Waals surface area contributed by atoms with Crippen LogP contribution in [0.15, 0.2) is 47.1 Å². The summed E-state index contributed by atoms with van der Waals surface area (Å²) in [5.74, 6) is -0.501. The van der Waals surface area contributed by atoms with E-state index in [9.17, 15) is 9.59 Å². The molecule has 2 rings (SSSR count). The van der Waals surface area contributed by atoms with Gasteiger partial charge in [0.05, 0.1) is 6.26 Å². The van der Waals surface area contributed by atoms with Crippen molar-refractivity contribution in [1.82, 2.24) is 10.9 Å². The average molecular weight is 309 g/mol. The van der Waals surface area contributed by atoms with Gasteiger partial charge in [0, 0.05) is 5.02 Å². The Morgan fingerprint density at radius 1 is 1.24 bits per heavy atom. The summed E-state index contributed by atoms with van der Waals surface area (Å²) in [6.45, 7) is 1.55. The molecule has 21 heavy (non-hydrogen) atoms. The van der Waals surface area contributed by atoms with Crippen molar-refractivity contribution in [1.29, 1.82) is 0 Å². The molecule has 0 fully saturated rings. The van der Waals surface area contributed by atoms with Crippen molar-refractivity contribution >= 4 is 23.4 Å². The molecule has 0 saturated carbocycles. The minimum absolute atomic E-state index is 0.0960. The van der Waals surface area contributed by atoms with E-state index in [1.165, 1.54) is 12.3 Å². The average Bonchev–Trinajstić information content (AvgIpc) is 2.98. The Labute approximate surface area is 126 Å². The van der Waals surface area contributed by atoms with Gasteiger partial charge in [-0.1, -0.05) is 17.7 Å². The largest absolute Gasteiger partial charge is 0.481 e. The highest BCUT2D eigenvalue weighted by molar-refractivity contribution is 6.30. The van der Waals surface area contributed by atoms with Crippen LogP contribution in [0.4, 0.5) is 0 Å². The first kappa shape index (κ1) is 14.9. The number of rotatable bonds is 4. The van der Waals surface area contributed by atoms with E-state index in [1.807, 2.05) is 0 Å². The smallest absolute Gasteiger partial charge is 0.305 e. The van der Waals surface area contributed by atoms with E-state index in [4.69, 9.17) is 20.8 Å². The Bertz CT molecular complexity index is 628. The summed E-state index contributed by atoms with van der Waals surface area (Å²) in [6.07, 6.45) is 0.557. The van der Waals surface area contributed by atoms with E-state index < -0.39 is 17.9 Å². The summed E-state index contributed by atoms with van der Waals surface area (Å²) in [5.41, 5.74) is 4.47. The van der Waals surface area contributed by atoms with Gasteiger partial charge >= 0.3 is 5.91 Å². The fourth-order valence-corrected chi connectivity index (χ4v) is 1.67. The van der Waals surface area contributed by atoms with Gasteiger partial charge < -0.3 is 9.15 Å². The molecule has 6 nitrogen and oxygen atoms in total. The molecule has 2 amide bonds. The maximum atomic E-state index is 11.8. The first-order valence-corrected chi connectivity index (χ1v) is 6.50. The Morgan fingerprint density at radius 3 is 2.71 bits per heavy atom. The van der Waals surface area contributed by atoms with Gasteiger partial charge in [-0.15, -0.1) is 0 Å². The molecular formula is C14H13ClN2O4. The van der Waals surface area contributed by atoms with Gasteiger partial charge in [0.2, 0.25) is 0 Å². The molecule has 0 radical (unpaired) electrons. The molecule has 0 aliphatic carbocycles. The summed E-state index contributed by atoms with van der Waals surface area (Å²) in [4.78, 5) is 23.3. The molecule has 0 bridgehead atoms. The number of hydrogen-bond acceptors (Lipinski definition) is 4. The second-order valence-corrected chi connectivity index (χ2v) is 4.57. The Balaban J connectivity index is 1.84. The number of nitrogens with one attached hydrogen (secondary N) is 2. The van der Waals surface area contributed by atoms with Crippen LogP contribution in [0.1, 0.15) is 17.5 Å². The number of halogens is 1. The summed E-state index contributed by atoms with van der Waals surface area (Å²) in [7, 11) is 0. The van der Waals surface area contributed by atoms with Gasteiger partial charge in [0.25, 0.3) is 5.91 Å². The number of benzene rings is 1. The topological polar surface area (TPSA) is 80.6 Å². The van der Waals surface area contributed by atoms with Gasteiger partial charge in [0.1, 0.15) is 5.75 Å². The molecule has 1 heterocycles. The zero-order valence-electron chi connectivity index (χ0n) is 11.1. The molecule has 0 spiro atoms. The monoisotopic (exact) mass is 308 g/mol. The fourth-order valence-electron chi connectivity index (χ4n) is 1.49. The van der Waals surface area contributed by atoms with Gasteiger partial charge in [-0.3, -0.25) is 20.4 Å². The molecule has 0 aliphatic rings. The normalized spacial score (nSPS) is 11.5. The van der Waals surface area contributed by atoms with Crippen molar-refractivity contribution in [2.75, 3.05) is 0 Å². The van der Waals surface area contributed by atoms with Crippen molar-refractivity contribution in [2.24, 2.45) is 0 Å². The van der Waals surface area contributed by atoms with Crippen molar-refractivity contribution < 1.29 is 18.7 Å². The molecular weight excluding hydrogens is 296 g/mol. The van der Waals surface area contributed by atoms with E-state index in [0.29, 0.717) is 10.8 Å². The molecule has 1 aromatic heterocycles. The van der Waals surface area contributed by atoms with E-state index in [-0.39, 0.29) is 5.76 Å². The highest BCUT2D eigenvalue weighted by Gasteiger charge is 2.16. The molecule has 2 aromatic rings. The quantitative estimate of drug-likeness (QED) is 0.848. The van der Waals surface area contributed by atoms with Crippen LogP contribution in [0, 0.1) is 0 Å². The Morgan fingerprint density at radius 2 is 2.05 bits per heavy atom. The summed E-state index contributed by atoms with van der Waals surface area (Å²) in [5, 5.41) is 0.506. The SMILES string of the molecule is C[C@H](Oc1cccc(Cl)c1)C(=O)NNC(=O)c1ccco1. The van der Waals surface area contributed by atoms with Crippen molar-refractivity contribution in [3.63, 3.8) is 0 Å². The number of ether oxygens (including phenoxy) is 1. The fraction of sp³-hybridized carbons (Fsp3) is 0.143. The van der Waals surface area contributed by atoms with Crippen LogP contribution in [0.5, 0.6) is 5.75 Å². The van der Waals surface area contributed by atoms with E-state index in [1.54, 1.807) is 37.3 Å². The minimum Gasteiger partial charge on any atom is -0.481 e. The van der Waals surface area contributed by atoms with Crippen LogP contribution in [0.2, 0.25) is 5.02 Å². The minimum atomic E-state index is -0.805. The van der Waals surface area contributed by atoms with Crippen LogP contribution in [0.25, 0.3) is 0 Å². The molecule has 1 aromatic carbocycles. The molecule has 0 aliphatic heterocycles. The summed E-state index contributed by atoms with van der Waals surface area (Å²) >= 11 is 5.82. The Hall–Kier alpha value is -2.47. The predicted molar refractivity (Wildman–Crippen MR) is 75.9 cm³/mol. The lowest BCUT2D eigenvalue weighted by atomic mass is 10.3. The zero-order valence-corrected chi connectivity index (χ0v) is 11.9. The van der Waals surface area contributed by atoms with Crippen LogP contribution in [-0.4, -0.2) is 17.9 Å². The highest BCUT2D eigenvalue weighted by atomic mass is 35.5. The number of carbonyl (C=O) groups is 2. The van der Waals surface area contributed by atoms with Crippen molar-refractivity contribution in [3.8, 4) is 5.75 Å². The number of carbonyl (C=O) groups excluding carboxylic acids is 2. The Kier molecular flexibility index (Phi) is 4.84. The van der Waals surface area contributed by atoms with Crippen LogP contribution in [0.3, 0.4) is 0 Å². The number of hydrogen-bond donors (Lipinski definition) is 2. The maximum absolute atomic E-state index is 11.8. The van der Waals surface area contributed by atoms with Crippen molar-refractivity contribution in [2.45, 2.75) is 13.0 Å². The van der Waals surface area contributed by atoms with Gasteiger partial charge in [0.15, 0.2) is 11.9 Å². The second kappa shape index (κ2) is 6.81. The van der Waals surface area contributed by atoms with Crippen LogP contribution >= 0.6 is 11.6 Å². The molecule has 1 atom stereocenters. The molecule has 0 saturated heterocycles. The summed E-state index contributed by atoms with van der Waals surface area (Å²) in [6, 6.07) is 9.72. The first-order chi connectivity index (χ1) is 10.1. The van der Waals surface area contributed by atoms with E-state index >= 15 is 0 Å². The third kappa shape index (κ3) is 4.25. The molecule has 110 valence electrons. The maximum Gasteiger partial charge on any atom is 0.305 e. The molecule has 2 N–H and O–H groups in total. The molecule has 7 heteroatoms. The van der Waals surface area contributed by atoms with Gasteiger partial charge in [-0.05, 0) is 37.3 Å². The zero-order chi connectivity index (χ0) is 15.2.